The van der Waals surface area contributed by atoms with Gasteiger partial charge in [-0.15, -0.1) is 0 Å². The van der Waals surface area contributed by atoms with Gasteiger partial charge in [0.1, 0.15) is 4.90 Å². The molecule has 0 radical (unpaired) electrons. The molecule has 0 unspecified atom stereocenters. The molecule has 0 saturated carbocycles. The van der Waals surface area contributed by atoms with E-state index >= 15 is 0 Å². The summed E-state index contributed by atoms with van der Waals surface area (Å²) in [5.74, 6) is 0. The molecule has 2 rings (SSSR count). The zero-order valence-corrected chi connectivity index (χ0v) is 10.1. The summed E-state index contributed by atoms with van der Waals surface area (Å²) in [5.41, 5.74) is 0.0287. The minimum atomic E-state index is -5.45. The number of hydrogen-bond acceptors (Lipinski definition) is 4. The maximum atomic E-state index is 12.6. The molecule has 0 atom stereocenters. The van der Waals surface area contributed by atoms with Crippen molar-refractivity contribution < 1.29 is 21.6 Å². The van der Waals surface area contributed by atoms with Gasteiger partial charge in [-0.05, 0) is 12.1 Å². The SMILES string of the molecule is Nc1cnn(-c2ccccc2S(=O)(=O)C(F)(F)F)c1. The summed E-state index contributed by atoms with van der Waals surface area (Å²) >= 11 is 0. The molecular formula is C10H8F3N3O2S. The predicted molar refractivity (Wildman–Crippen MR) is 61.2 cm³/mol. The smallest absolute Gasteiger partial charge is 0.396 e. The standard InChI is InChI=1S/C10H8F3N3O2S/c11-10(12,13)19(17,18)9-4-2-1-3-8(9)16-6-7(14)5-15-16/h1-6H,14H2. The average Bonchev–Trinajstić information content (AvgIpc) is 2.74. The maximum absolute atomic E-state index is 12.6. The van der Waals surface area contributed by atoms with E-state index in [2.05, 4.69) is 5.10 Å². The van der Waals surface area contributed by atoms with E-state index in [0.29, 0.717) is 0 Å². The van der Waals surface area contributed by atoms with Gasteiger partial charge in [0.2, 0.25) is 0 Å². The fourth-order valence-corrected chi connectivity index (χ4v) is 2.41. The van der Waals surface area contributed by atoms with Crippen LogP contribution in [0.15, 0.2) is 41.6 Å². The highest BCUT2D eigenvalue weighted by Gasteiger charge is 2.48. The first kappa shape index (κ1) is 13.4. The van der Waals surface area contributed by atoms with Crippen LogP contribution >= 0.6 is 0 Å². The van der Waals surface area contributed by atoms with Gasteiger partial charge in [0.05, 0.1) is 23.8 Å². The topological polar surface area (TPSA) is 78.0 Å². The monoisotopic (exact) mass is 291 g/mol. The molecule has 9 heteroatoms. The summed E-state index contributed by atoms with van der Waals surface area (Å²) in [5, 5.41) is 3.70. The molecule has 5 nitrogen and oxygen atoms in total. The lowest BCUT2D eigenvalue weighted by Gasteiger charge is -2.12. The number of benzene rings is 1. The van der Waals surface area contributed by atoms with Crippen LogP contribution in [0.4, 0.5) is 18.9 Å². The number of nitrogens with two attached hydrogens (primary N) is 1. The lowest BCUT2D eigenvalue weighted by atomic mass is 10.3. The molecule has 1 heterocycles. The van der Waals surface area contributed by atoms with Gasteiger partial charge >= 0.3 is 5.51 Å². The van der Waals surface area contributed by atoms with Crippen LogP contribution in [0.5, 0.6) is 0 Å². The van der Waals surface area contributed by atoms with Crippen molar-refractivity contribution >= 4 is 15.5 Å². The number of hydrogen-bond donors (Lipinski definition) is 1. The molecule has 2 N–H and O–H groups in total. The first-order valence-corrected chi connectivity index (χ1v) is 6.43. The summed E-state index contributed by atoms with van der Waals surface area (Å²) in [6.07, 6.45) is 2.43. The maximum Gasteiger partial charge on any atom is 0.501 e. The van der Waals surface area contributed by atoms with Crippen LogP contribution in [-0.2, 0) is 9.84 Å². The van der Waals surface area contributed by atoms with Crippen molar-refractivity contribution in [3.05, 3.63) is 36.7 Å². The Kier molecular flexibility index (Phi) is 3.01. The molecule has 0 aliphatic rings. The lowest BCUT2D eigenvalue weighted by Crippen LogP contribution is -2.24. The van der Waals surface area contributed by atoms with Crippen LogP contribution in [0, 0.1) is 0 Å². The van der Waals surface area contributed by atoms with Gasteiger partial charge < -0.3 is 5.73 Å². The second-order valence-corrected chi connectivity index (χ2v) is 5.54. The first-order chi connectivity index (χ1) is 8.73. The van der Waals surface area contributed by atoms with Crippen LogP contribution in [0.1, 0.15) is 0 Å². The number of anilines is 1. The molecule has 0 spiro atoms. The molecule has 0 aliphatic heterocycles. The molecular weight excluding hydrogens is 283 g/mol. The lowest BCUT2D eigenvalue weighted by molar-refractivity contribution is -0.0436. The molecule has 0 saturated heterocycles. The Bertz CT molecular complexity index is 707. The number of alkyl halides is 3. The molecule has 0 bridgehead atoms. The number of nitrogens with zero attached hydrogens (tertiary/aromatic N) is 2. The number of sulfone groups is 1. The molecule has 102 valence electrons. The number of rotatable bonds is 2. The van der Waals surface area contributed by atoms with Gasteiger partial charge in [-0.2, -0.15) is 18.3 Å². The van der Waals surface area contributed by atoms with Crippen molar-refractivity contribution in [3.63, 3.8) is 0 Å². The Morgan fingerprint density at radius 2 is 1.84 bits per heavy atom. The van der Waals surface area contributed by atoms with Crippen LogP contribution < -0.4 is 5.73 Å². The average molecular weight is 291 g/mol. The van der Waals surface area contributed by atoms with E-state index in [1.165, 1.54) is 30.6 Å². The number of nitrogen functional groups attached to an aromatic ring is 1. The fraction of sp³-hybridized carbons (Fsp3) is 0.100. The molecule has 0 aliphatic carbocycles. The van der Waals surface area contributed by atoms with E-state index in [1.54, 1.807) is 0 Å². The van der Waals surface area contributed by atoms with E-state index in [1.807, 2.05) is 0 Å². The third kappa shape index (κ3) is 2.28. The molecule has 19 heavy (non-hydrogen) atoms. The highest BCUT2D eigenvalue weighted by Crippen LogP contribution is 2.33. The highest BCUT2D eigenvalue weighted by atomic mass is 32.2. The van der Waals surface area contributed by atoms with Crippen LogP contribution in [0.2, 0.25) is 0 Å². The summed E-state index contributed by atoms with van der Waals surface area (Å²) in [6.45, 7) is 0. The zero-order valence-electron chi connectivity index (χ0n) is 9.29. The zero-order chi connectivity index (χ0) is 14.3. The van der Waals surface area contributed by atoms with Crippen molar-refractivity contribution in [2.75, 3.05) is 5.73 Å². The third-order valence-corrected chi connectivity index (χ3v) is 3.84. The minimum absolute atomic E-state index is 0.208. The Labute approximate surface area is 106 Å². The Morgan fingerprint density at radius 3 is 2.37 bits per heavy atom. The van der Waals surface area contributed by atoms with Crippen LogP contribution in [0.25, 0.3) is 5.69 Å². The van der Waals surface area contributed by atoms with Crippen LogP contribution in [0.3, 0.4) is 0 Å². The van der Waals surface area contributed by atoms with E-state index in [0.717, 1.165) is 10.7 Å². The largest absolute Gasteiger partial charge is 0.501 e. The normalized spacial score (nSPS) is 12.6. The van der Waals surface area contributed by atoms with E-state index in [4.69, 9.17) is 5.73 Å². The number of para-hydroxylation sites is 1. The van der Waals surface area contributed by atoms with E-state index < -0.39 is 20.2 Å². The van der Waals surface area contributed by atoms with Crippen molar-refractivity contribution in [3.8, 4) is 5.69 Å². The summed E-state index contributed by atoms with van der Waals surface area (Å²) in [4.78, 5) is -0.870. The van der Waals surface area contributed by atoms with Crippen molar-refractivity contribution in [1.29, 1.82) is 0 Å². The Balaban J connectivity index is 2.68. The number of halogens is 3. The predicted octanol–water partition coefficient (Wildman–Crippen LogP) is 1.75. The molecule has 0 fully saturated rings. The second-order valence-electron chi connectivity index (χ2n) is 3.64. The van der Waals surface area contributed by atoms with Gasteiger partial charge in [-0.25, -0.2) is 13.1 Å². The summed E-state index contributed by atoms with van der Waals surface area (Å²) in [7, 11) is -5.45. The third-order valence-electron chi connectivity index (χ3n) is 2.31. The van der Waals surface area contributed by atoms with Gasteiger partial charge in [0, 0.05) is 0 Å². The Morgan fingerprint density at radius 1 is 1.21 bits per heavy atom. The molecule has 1 aromatic carbocycles. The van der Waals surface area contributed by atoms with E-state index in [9.17, 15) is 21.6 Å². The molecule has 2 aromatic rings. The minimum Gasteiger partial charge on any atom is -0.396 e. The van der Waals surface area contributed by atoms with Crippen molar-refractivity contribution in [1.82, 2.24) is 9.78 Å². The fourth-order valence-electron chi connectivity index (χ4n) is 1.47. The summed E-state index contributed by atoms with van der Waals surface area (Å²) in [6, 6.07) is 4.69. The van der Waals surface area contributed by atoms with Gasteiger partial charge in [-0.1, -0.05) is 12.1 Å². The van der Waals surface area contributed by atoms with Crippen LogP contribution in [-0.4, -0.2) is 23.7 Å². The Hall–Kier alpha value is -2.03. The quantitative estimate of drug-likeness (QED) is 0.914. The van der Waals surface area contributed by atoms with Gasteiger partial charge in [0.25, 0.3) is 9.84 Å². The second kappa shape index (κ2) is 4.26. The highest BCUT2D eigenvalue weighted by molar-refractivity contribution is 7.92. The molecule has 1 aromatic heterocycles. The van der Waals surface area contributed by atoms with Gasteiger partial charge in [-0.3, -0.25) is 0 Å². The van der Waals surface area contributed by atoms with Crippen molar-refractivity contribution in [2.24, 2.45) is 0 Å². The first-order valence-electron chi connectivity index (χ1n) is 4.94. The van der Waals surface area contributed by atoms with Crippen molar-refractivity contribution in [2.45, 2.75) is 10.4 Å². The van der Waals surface area contributed by atoms with E-state index in [-0.39, 0.29) is 11.4 Å². The molecule has 0 amide bonds. The number of aromatic nitrogens is 2. The van der Waals surface area contributed by atoms with Gasteiger partial charge in [0.15, 0.2) is 0 Å². The summed E-state index contributed by atoms with van der Waals surface area (Å²) < 4.78 is 61.6.